The Morgan fingerprint density at radius 2 is 2.11 bits per heavy atom. The summed E-state index contributed by atoms with van der Waals surface area (Å²) in [4.78, 5) is 23.7. The van der Waals surface area contributed by atoms with Gasteiger partial charge in [-0.15, -0.1) is 0 Å². The summed E-state index contributed by atoms with van der Waals surface area (Å²) in [6, 6.07) is 3.05. The Bertz CT molecular complexity index is 466. The van der Waals surface area contributed by atoms with Crippen molar-refractivity contribution >= 4 is 12.0 Å². The molecular formula is C12H18N2O5. The Hall–Kier alpha value is -2.02. The Morgan fingerprint density at radius 1 is 1.47 bits per heavy atom. The molecule has 7 nitrogen and oxygen atoms in total. The summed E-state index contributed by atoms with van der Waals surface area (Å²) in [5.74, 6) is -0.0186. The van der Waals surface area contributed by atoms with Crippen molar-refractivity contribution in [2.45, 2.75) is 26.0 Å². The number of rotatable bonds is 5. The third-order valence-corrected chi connectivity index (χ3v) is 2.58. The normalized spacial score (nSPS) is 13.7. The third-order valence-electron chi connectivity index (χ3n) is 2.58. The van der Waals surface area contributed by atoms with E-state index in [1.165, 1.54) is 4.90 Å². The van der Waals surface area contributed by atoms with Crippen LogP contribution in [0.5, 0.6) is 0 Å². The smallest absolute Gasteiger partial charge is 0.337 e. The standard InChI is InChI=1S/C12H18N2O5/c1-8-4-5-9(19-8)6-14(3)11(17)13-7-12(2,18)10(15)16/h4-5,18H,6-7H2,1-3H3,(H,13,17)(H,15,16). The van der Waals surface area contributed by atoms with Crippen LogP contribution in [0.1, 0.15) is 18.4 Å². The molecular weight excluding hydrogens is 252 g/mol. The molecule has 1 heterocycles. The predicted octanol–water partition coefficient (Wildman–Crippen LogP) is 0.565. The van der Waals surface area contributed by atoms with E-state index in [0.29, 0.717) is 5.76 Å². The third kappa shape index (κ3) is 4.29. The maximum atomic E-state index is 11.7. The highest BCUT2D eigenvalue weighted by Gasteiger charge is 2.30. The number of carbonyl (C=O) groups excluding carboxylic acids is 1. The minimum atomic E-state index is -1.99. The highest BCUT2D eigenvalue weighted by molar-refractivity contribution is 5.79. The zero-order valence-electron chi connectivity index (χ0n) is 11.1. The van der Waals surface area contributed by atoms with Crippen LogP contribution >= 0.6 is 0 Å². The quantitative estimate of drug-likeness (QED) is 0.725. The van der Waals surface area contributed by atoms with Crippen LogP contribution in [-0.2, 0) is 11.3 Å². The minimum Gasteiger partial charge on any atom is -0.479 e. The van der Waals surface area contributed by atoms with E-state index in [4.69, 9.17) is 9.52 Å². The highest BCUT2D eigenvalue weighted by atomic mass is 16.4. The van der Waals surface area contributed by atoms with Crippen LogP contribution in [0.4, 0.5) is 4.79 Å². The van der Waals surface area contributed by atoms with Crippen molar-refractivity contribution in [3.8, 4) is 0 Å². The Morgan fingerprint density at radius 3 is 2.58 bits per heavy atom. The SMILES string of the molecule is Cc1ccc(CN(C)C(=O)NCC(C)(O)C(=O)O)o1. The number of aliphatic carboxylic acids is 1. The van der Waals surface area contributed by atoms with Crippen LogP contribution < -0.4 is 5.32 Å². The van der Waals surface area contributed by atoms with E-state index in [1.807, 2.05) is 0 Å². The largest absolute Gasteiger partial charge is 0.479 e. The molecule has 19 heavy (non-hydrogen) atoms. The maximum Gasteiger partial charge on any atom is 0.337 e. The summed E-state index contributed by atoms with van der Waals surface area (Å²) in [6.07, 6.45) is 0. The summed E-state index contributed by atoms with van der Waals surface area (Å²) in [5, 5.41) is 20.5. The van der Waals surface area contributed by atoms with Gasteiger partial charge in [-0.1, -0.05) is 0 Å². The minimum absolute atomic E-state index is 0.259. The number of carboxylic acids is 1. The van der Waals surface area contributed by atoms with Gasteiger partial charge in [0.25, 0.3) is 0 Å². The first-order chi connectivity index (χ1) is 8.72. The zero-order valence-corrected chi connectivity index (χ0v) is 11.1. The van der Waals surface area contributed by atoms with Gasteiger partial charge in [0.05, 0.1) is 13.1 Å². The number of carboxylic acid groups (broad SMARTS) is 1. The molecule has 0 bridgehead atoms. The van der Waals surface area contributed by atoms with Crippen LogP contribution in [0.3, 0.4) is 0 Å². The van der Waals surface area contributed by atoms with Gasteiger partial charge >= 0.3 is 12.0 Å². The predicted molar refractivity (Wildman–Crippen MR) is 66.6 cm³/mol. The number of carbonyl (C=O) groups is 2. The average Bonchev–Trinajstić information content (AvgIpc) is 2.71. The lowest BCUT2D eigenvalue weighted by molar-refractivity contribution is -0.155. The molecule has 2 amide bonds. The molecule has 1 aromatic rings. The van der Waals surface area contributed by atoms with E-state index < -0.39 is 17.6 Å². The number of aryl methyl sites for hydroxylation is 1. The molecule has 0 fully saturated rings. The van der Waals surface area contributed by atoms with E-state index in [0.717, 1.165) is 12.7 Å². The molecule has 0 saturated carbocycles. The molecule has 1 atom stereocenters. The van der Waals surface area contributed by atoms with Crippen molar-refractivity contribution in [3.63, 3.8) is 0 Å². The fourth-order valence-electron chi connectivity index (χ4n) is 1.33. The number of hydrogen-bond acceptors (Lipinski definition) is 4. The highest BCUT2D eigenvalue weighted by Crippen LogP contribution is 2.09. The van der Waals surface area contributed by atoms with Crippen molar-refractivity contribution in [3.05, 3.63) is 23.7 Å². The second-order valence-electron chi connectivity index (χ2n) is 4.61. The number of hydrogen-bond donors (Lipinski definition) is 3. The Kier molecular flexibility index (Phi) is 4.55. The van der Waals surface area contributed by atoms with Gasteiger partial charge in [0.2, 0.25) is 0 Å². The lowest BCUT2D eigenvalue weighted by atomic mass is 10.1. The molecule has 3 N–H and O–H groups in total. The van der Waals surface area contributed by atoms with Gasteiger partial charge in [-0.3, -0.25) is 0 Å². The number of nitrogens with one attached hydrogen (secondary N) is 1. The Balaban J connectivity index is 2.47. The fraction of sp³-hybridized carbons (Fsp3) is 0.500. The van der Waals surface area contributed by atoms with E-state index >= 15 is 0 Å². The topological polar surface area (TPSA) is 103 Å². The number of nitrogens with zero attached hydrogens (tertiary/aromatic N) is 1. The molecule has 7 heteroatoms. The first-order valence-electron chi connectivity index (χ1n) is 5.72. The maximum absolute atomic E-state index is 11.7. The molecule has 1 rings (SSSR count). The van der Waals surface area contributed by atoms with E-state index in [2.05, 4.69) is 5.32 Å². The summed E-state index contributed by atoms with van der Waals surface area (Å²) in [7, 11) is 1.54. The number of urea groups is 1. The number of aliphatic hydroxyl groups is 1. The summed E-state index contributed by atoms with van der Waals surface area (Å²) >= 11 is 0. The van der Waals surface area contributed by atoms with Gasteiger partial charge in [0.15, 0.2) is 5.60 Å². The monoisotopic (exact) mass is 270 g/mol. The Labute approximate surface area is 110 Å². The van der Waals surface area contributed by atoms with E-state index in [9.17, 15) is 14.7 Å². The fourth-order valence-corrected chi connectivity index (χ4v) is 1.33. The van der Waals surface area contributed by atoms with E-state index in [1.54, 1.807) is 26.1 Å². The first-order valence-corrected chi connectivity index (χ1v) is 5.72. The molecule has 0 aliphatic rings. The molecule has 0 aliphatic heterocycles. The van der Waals surface area contributed by atoms with Crippen molar-refractivity contribution in [2.24, 2.45) is 0 Å². The van der Waals surface area contributed by atoms with E-state index in [-0.39, 0.29) is 13.1 Å². The van der Waals surface area contributed by atoms with Crippen LogP contribution in [-0.4, -0.2) is 46.3 Å². The number of amides is 2. The lowest BCUT2D eigenvalue weighted by Crippen LogP contribution is -2.49. The molecule has 0 radical (unpaired) electrons. The molecule has 0 aliphatic carbocycles. The van der Waals surface area contributed by atoms with Gasteiger partial charge in [0.1, 0.15) is 11.5 Å². The van der Waals surface area contributed by atoms with Crippen LogP contribution in [0, 0.1) is 6.92 Å². The zero-order chi connectivity index (χ0) is 14.6. The van der Waals surface area contributed by atoms with Crippen molar-refractivity contribution in [1.29, 1.82) is 0 Å². The van der Waals surface area contributed by atoms with Crippen molar-refractivity contribution in [2.75, 3.05) is 13.6 Å². The van der Waals surface area contributed by atoms with Crippen LogP contribution in [0.25, 0.3) is 0 Å². The summed E-state index contributed by atoms with van der Waals surface area (Å²) < 4.78 is 5.32. The van der Waals surface area contributed by atoms with Gasteiger partial charge < -0.3 is 24.8 Å². The van der Waals surface area contributed by atoms with Gasteiger partial charge in [0, 0.05) is 7.05 Å². The van der Waals surface area contributed by atoms with Crippen molar-refractivity contribution in [1.82, 2.24) is 10.2 Å². The summed E-state index contributed by atoms with van der Waals surface area (Å²) in [6.45, 7) is 2.80. The first kappa shape index (κ1) is 15.0. The van der Waals surface area contributed by atoms with Crippen LogP contribution in [0.2, 0.25) is 0 Å². The molecule has 1 aromatic heterocycles. The second kappa shape index (κ2) is 5.75. The molecule has 0 saturated heterocycles. The molecule has 0 spiro atoms. The van der Waals surface area contributed by atoms with Gasteiger partial charge in [-0.05, 0) is 26.0 Å². The van der Waals surface area contributed by atoms with Crippen LogP contribution in [0.15, 0.2) is 16.5 Å². The second-order valence-corrected chi connectivity index (χ2v) is 4.61. The summed E-state index contributed by atoms with van der Waals surface area (Å²) in [5.41, 5.74) is -1.99. The number of furan rings is 1. The molecule has 1 unspecified atom stereocenters. The molecule has 106 valence electrons. The molecule has 0 aromatic carbocycles. The average molecular weight is 270 g/mol. The lowest BCUT2D eigenvalue weighted by Gasteiger charge is -2.21. The van der Waals surface area contributed by atoms with Gasteiger partial charge in [-0.25, -0.2) is 9.59 Å². The van der Waals surface area contributed by atoms with Crippen molar-refractivity contribution < 1.29 is 24.2 Å². The van der Waals surface area contributed by atoms with Gasteiger partial charge in [-0.2, -0.15) is 0 Å².